The fourth-order valence-electron chi connectivity index (χ4n) is 2.16. The minimum atomic E-state index is -0.246. The molecule has 5 nitrogen and oxygen atoms in total. The number of ether oxygens (including phenoxy) is 1. The van der Waals surface area contributed by atoms with Crippen LogP contribution in [0.4, 0.5) is 11.4 Å². The molecule has 0 aromatic heterocycles. The number of nitrogens with one attached hydrogen (secondary N) is 1. The van der Waals surface area contributed by atoms with E-state index in [0.717, 1.165) is 12.1 Å². The van der Waals surface area contributed by atoms with Gasteiger partial charge >= 0.3 is 0 Å². The summed E-state index contributed by atoms with van der Waals surface area (Å²) in [4.78, 5) is 25.5. The fourth-order valence-corrected chi connectivity index (χ4v) is 2.16. The number of para-hydroxylation sites is 1. The molecule has 0 spiro atoms. The second-order valence-electron chi connectivity index (χ2n) is 5.43. The third-order valence-corrected chi connectivity index (χ3v) is 3.56. The Kier molecular flexibility index (Phi) is 5.95. The highest BCUT2D eigenvalue weighted by atomic mass is 16.5. The number of amides is 2. The third-order valence-electron chi connectivity index (χ3n) is 3.56. The van der Waals surface area contributed by atoms with Gasteiger partial charge in [-0.25, -0.2) is 0 Å². The molecule has 0 aliphatic heterocycles. The number of carbonyl (C=O) groups is 2. The summed E-state index contributed by atoms with van der Waals surface area (Å²) in [6.07, 6.45) is 0.870. The molecule has 126 valence electrons. The molecule has 0 aliphatic carbocycles. The molecule has 2 aromatic carbocycles. The molecule has 0 saturated carbocycles. The van der Waals surface area contributed by atoms with Gasteiger partial charge in [-0.3, -0.25) is 9.59 Å². The molecule has 0 bridgehead atoms. The van der Waals surface area contributed by atoms with Gasteiger partial charge in [0.1, 0.15) is 5.75 Å². The second kappa shape index (κ2) is 8.15. The van der Waals surface area contributed by atoms with Crippen molar-refractivity contribution in [2.24, 2.45) is 0 Å². The van der Waals surface area contributed by atoms with Crippen LogP contribution >= 0.6 is 0 Å². The molecule has 24 heavy (non-hydrogen) atoms. The number of anilines is 2. The number of carbonyl (C=O) groups excluding carboxylic acids is 2. The average molecular weight is 326 g/mol. The molecule has 0 saturated heterocycles. The predicted molar refractivity (Wildman–Crippen MR) is 95.7 cm³/mol. The van der Waals surface area contributed by atoms with Crippen molar-refractivity contribution < 1.29 is 14.3 Å². The summed E-state index contributed by atoms with van der Waals surface area (Å²) >= 11 is 0. The molecular formula is C19H22N2O3. The molecule has 0 atom stereocenters. The maximum absolute atomic E-state index is 12.5. The highest BCUT2D eigenvalue weighted by molar-refractivity contribution is 6.06. The highest BCUT2D eigenvalue weighted by Gasteiger charge is 2.13. The lowest BCUT2D eigenvalue weighted by Crippen LogP contribution is -2.23. The van der Waals surface area contributed by atoms with E-state index in [4.69, 9.17) is 4.74 Å². The van der Waals surface area contributed by atoms with E-state index < -0.39 is 0 Å². The zero-order valence-corrected chi connectivity index (χ0v) is 14.2. The van der Waals surface area contributed by atoms with Crippen LogP contribution in [-0.4, -0.2) is 25.5 Å². The Hall–Kier alpha value is -2.82. The quantitative estimate of drug-likeness (QED) is 0.880. The van der Waals surface area contributed by atoms with Crippen LogP contribution in [0.1, 0.15) is 30.6 Å². The van der Waals surface area contributed by atoms with Crippen molar-refractivity contribution in [1.82, 2.24) is 0 Å². The Labute approximate surface area is 142 Å². The summed E-state index contributed by atoms with van der Waals surface area (Å²) in [5.74, 6) is 0.245. The Bertz CT molecular complexity index is 728. The summed E-state index contributed by atoms with van der Waals surface area (Å²) in [6.45, 7) is 4.06. The topological polar surface area (TPSA) is 58.6 Å². The van der Waals surface area contributed by atoms with Gasteiger partial charge in [-0.1, -0.05) is 25.1 Å². The standard InChI is InChI=1S/C19H22N2O3/c1-4-12-24-18-11-6-5-10-17(18)19(23)20-15-8-7-9-16(13-15)21(3)14(2)22/h5-11,13H,4,12H2,1-3H3,(H,20,23). The average Bonchev–Trinajstić information content (AvgIpc) is 2.59. The van der Waals surface area contributed by atoms with Crippen LogP contribution in [0.3, 0.4) is 0 Å². The first kappa shape index (κ1) is 17.5. The lowest BCUT2D eigenvalue weighted by Gasteiger charge is -2.16. The summed E-state index contributed by atoms with van der Waals surface area (Å²) < 4.78 is 5.62. The van der Waals surface area contributed by atoms with Crippen LogP contribution in [0.25, 0.3) is 0 Å². The van der Waals surface area contributed by atoms with Gasteiger partial charge in [0.15, 0.2) is 0 Å². The van der Waals surface area contributed by atoms with E-state index >= 15 is 0 Å². The Morgan fingerprint density at radius 2 is 1.88 bits per heavy atom. The molecule has 0 unspecified atom stereocenters. The molecule has 2 rings (SSSR count). The number of benzene rings is 2. The lowest BCUT2D eigenvalue weighted by molar-refractivity contribution is -0.116. The van der Waals surface area contributed by atoms with E-state index in [1.165, 1.54) is 11.8 Å². The van der Waals surface area contributed by atoms with Gasteiger partial charge in [0, 0.05) is 25.3 Å². The maximum Gasteiger partial charge on any atom is 0.259 e. The number of hydrogen-bond donors (Lipinski definition) is 1. The highest BCUT2D eigenvalue weighted by Crippen LogP contribution is 2.22. The molecule has 5 heteroatoms. The van der Waals surface area contributed by atoms with Crippen molar-refractivity contribution in [3.05, 3.63) is 54.1 Å². The van der Waals surface area contributed by atoms with Gasteiger partial charge in [0.2, 0.25) is 5.91 Å². The van der Waals surface area contributed by atoms with Crippen molar-refractivity contribution >= 4 is 23.2 Å². The molecule has 0 heterocycles. The van der Waals surface area contributed by atoms with E-state index in [-0.39, 0.29) is 11.8 Å². The van der Waals surface area contributed by atoms with E-state index in [9.17, 15) is 9.59 Å². The molecule has 1 N–H and O–H groups in total. The van der Waals surface area contributed by atoms with Crippen molar-refractivity contribution in [2.75, 3.05) is 23.9 Å². The van der Waals surface area contributed by atoms with Crippen molar-refractivity contribution in [3.63, 3.8) is 0 Å². The minimum Gasteiger partial charge on any atom is -0.493 e. The first-order chi connectivity index (χ1) is 11.5. The number of rotatable bonds is 6. The van der Waals surface area contributed by atoms with Gasteiger partial charge in [0.25, 0.3) is 5.91 Å². The zero-order chi connectivity index (χ0) is 17.5. The summed E-state index contributed by atoms with van der Waals surface area (Å²) in [5.41, 5.74) is 1.82. The lowest BCUT2D eigenvalue weighted by atomic mass is 10.1. The number of nitrogens with zero attached hydrogens (tertiary/aromatic N) is 1. The van der Waals surface area contributed by atoms with Crippen LogP contribution < -0.4 is 15.0 Å². The van der Waals surface area contributed by atoms with E-state index in [0.29, 0.717) is 23.6 Å². The fraction of sp³-hybridized carbons (Fsp3) is 0.263. The van der Waals surface area contributed by atoms with E-state index in [1.807, 2.05) is 19.1 Å². The molecular weight excluding hydrogens is 304 g/mol. The summed E-state index contributed by atoms with van der Waals surface area (Å²) in [7, 11) is 1.69. The Morgan fingerprint density at radius 3 is 2.58 bits per heavy atom. The van der Waals surface area contributed by atoms with Crippen LogP contribution in [0.15, 0.2) is 48.5 Å². The zero-order valence-electron chi connectivity index (χ0n) is 14.2. The van der Waals surface area contributed by atoms with Crippen molar-refractivity contribution in [1.29, 1.82) is 0 Å². The smallest absolute Gasteiger partial charge is 0.259 e. The summed E-state index contributed by atoms with van der Waals surface area (Å²) in [5, 5.41) is 2.85. The third kappa shape index (κ3) is 4.35. The summed E-state index contributed by atoms with van der Waals surface area (Å²) in [6, 6.07) is 14.3. The minimum absolute atomic E-state index is 0.0724. The first-order valence-corrected chi connectivity index (χ1v) is 7.90. The Morgan fingerprint density at radius 1 is 1.12 bits per heavy atom. The predicted octanol–water partition coefficient (Wildman–Crippen LogP) is 3.71. The largest absolute Gasteiger partial charge is 0.493 e. The van der Waals surface area contributed by atoms with Crippen molar-refractivity contribution in [2.45, 2.75) is 20.3 Å². The Balaban J connectivity index is 2.18. The number of hydrogen-bond acceptors (Lipinski definition) is 3. The van der Waals surface area contributed by atoms with Crippen LogP contribution in [0.2, 0.25) is 0 Å². The monoisotopic (exact) mass is 326 g/mol. The van der Waals surface area contributed by atoms with Gasteiger partial charge in [-0.2, -0.15) is 0 Å². The molecule has 0 radical (unpaired) electrons. The molecule has 2 amide bonds. The molecule has 2 aromatic rings. The first-order valence-electron chi connectivity index (χ1n) is 7.90. The maximum atomic E-state index is 12.5. The van der Waals surface area contributed by atoms with Gasteiger partial charge in [0.05, 0.1) is 12.2 Å². The van der Waals surface area contributed by atoms with Gasteiger partial charge in [-0.15, -0.1) is 0 Å². The molecule has 0 aliphatic rings. The van der Waals surface area contributed by atoms with E-state index in [1.54, 1.807) is 43.4 Å². The van der Waals surface area contributed by atoms with Crippen molar-refractivity contribution in [3.8, 4) is 5.75 Å². The van der Waals surface area contributed by atoms with Gasteiger partial charge < -0.3 is 15.0 Å². The van der Waals surface area contributed by atoms with E-state index in [2.05, 4.69) is 5.32 Å². The SMILES string of the molecule is CCCOc1ccccc1C(=O)Nc1cccc(N(C)C(C)=O)c1. The van der Waals surface area contributed by atoms with Crippen LogP contribution in [0, 0.1) is 0 Å². The van der Waals surface area contributed by atoms with Crippen LogP contribution in [-0.2, 0) is 4.79 Å². The van der Waals surface area contributed by atoms with Gasteiger partial charge in [-0.05, 0) is 36.8 Å². The normalized spacial score (nSPS) is 10.1. The molecule has 0 fully saturated rings. The van der Waals surface area contributed by atoms with Crippen LogP contribution in [0.5, 0.6) is 5.75 Å². The second-order valence-corrected chi connectivity index (χ2v) is 5.43.